The van der Waals surface area contributed by atoms with Gasteiger partial charge >= 0.3 is 0 Å². The van der Waals surface area contributed by atoms with Crippen molar-refractivity contribution in [3.63, 3.8) is 0 Å². The molecule has 0 bridgehead atoms. The topological polar surface area (TPSA) is 92.3 Å². The summed E-state index contributed by atoms with van der Waals surface area (Å²) in [5.41, 5.74) is 4.18. The van der Waals surface area contributed by atoms with Gasteiger partial charge in [-0.25, -0.2) is 5.43 Å². The molecule has 188 valence electrons. The van der Waals surface area contributed by atoms with Gasteiger partial charge in [-0.05, 0) is 81.1 Å². The number of likely N-dealkylation sites (tertiary alicyclic amines) is 1. The van der Waals surface area contributed by atoms with Crippen LogP contribution < -0.4 is 20.2 Å². The van der Waals surface area contributed by atoms with E-state index in [0.29, 0.717) is 23.6 Å². The smallest absolute Gasteiger partial charge is 0.257 e. The highest BCUT2D eigenvalue weighted by molar-refractivity contribution is 5.94. The standard InChI is InChI=1S/C27H36N4O4/c1-34-24-15-14-21(19-25(24)35-2)20-29-30-27(33)23(31-17-9-4-10-18-31)13-7-8-16-28-26(32)22-11-5-3-6-12-22/h3,5-6,11-12,14-15,19-20,23H,4,7-10,13,16-18H2,1-2H3,(H,28,32)(H,30,33)/b29-20+/t23-/m0/s1. The van der Waals surface area contributed by atoms with E-state index in [9.17, 15) is 9.59 Å². The Bertz CT molecular complexity index is 974. The third-order valence-electron chi connectivity index (χ3n) is 6.16. The van der Waals surface area contributed by atoms with Crippen LogP contribution in [-0.4, -0.2) is 62.8 Å². The van der Waals surface area contributed by atoms with Gasteiger partial charge < -0.3 is 14.8 Å². The minimum atomic E-state index is -0.234. The number of nitrogens with zero attached hydrogens (tertiary/aromatic N) is 2. The van der Waals surface area contributed by atoms with Crippen LogP contribution in [0.3, 0.4) is 0 Å². The van der Waals surface area contributed by atoms with Gasteiger partial charge in [0.25, 0.3) is 11.8 Å². The Labute approximate surface area is 207 Å². The van der Waals surface area contributed by atoms with Gasteiger partial charge in [0.15, 0.2) is 11.5 Å². The van der Waals surface area contributed by atoms with Crippen molar-refractivity contribution < 1.29 is 19.1 Å². The summed E-state index contributed by atoms with van der Waals surface area (Å²) in [5.74, 6) is 1.07. The van der Waals surface area contributed by atoms with Gasteiger partial charge in [-0.1, -0.05) is 24.6 Å². The fraction of sp³-hybridized carbons (Fsp3) is 0.444. The molecule has 0 aromatic heterocycles. The molecule has 1 atom stereocenters. The molecule has 0 spiro atoms. The fourth-order valence-corrected chi connectivity index (χ4v) is 4.24. The number of amides is 2. The summed E-state index contributed by atoms with van der Waals surface area (Å²) in [4.78, 5) is 27.5. The molecule has 1 fully saturated rings. The molecule has 3 rings (SSSR count). The van der Waals surface area contributed by atoms with Crippen LogP contribution in [0.1, 0.15) is 54.4 Å². The molecule has 2 aromatic carbocycles. The number of hydrogen-bond acceptors (Lipinski definition) is 6. The summed E-state index contributed by atoms with van der Waals surface area (Å²) in [6.07, 6.45) is 7.38. The highest BCUT2D eigenvalue weighted by Gasteiger charge is 2.26. The Morgan fingerprint density at radius 2 is 1.74 bits per heavy atom. The average Bonchev–Trinajstić information content (AvgIpc) is 2.91. The second kappa shape index (κ2) is 14.1. The van der Waals surface area contributed by atoms with Crippen LogP contribution in [0.5, 0.6) is 11.5 Å². The monoisotopic (exact) mass is 480 g/mol. The molecular formula is C27H36N4O4. The Kier molecular flexibility index (Phi) is 10.6. The van der Waals surface area contributed by atoms with Crippen LogP contribution in [0.4, 0.5) is 0 Å². The van der Waals surface area contributed by atoms with E-state index in [-0.39, 0.29) is 17.9 Å². The molecule has 2 amide bonds. The minimum Gasteiger partial charge on any atom is -0.493 e. The molecule has 35 heavy (non-hydrogen) atoms. The van der Waals surface area contributed by atoms with Crippen molar-refractivity contribution in [2.45, 2.75) is 44.6 Å². The lowest BCUT2D eigenvalue weighted by Gasteiger charge is -2.33. The van der Waals surface area contributed by atoms with Gasteiger partial charge in [-0.3, -0.25) is 14.5 Å². The molecule has 1 saturated heterocycles. The van der Waals surface area contributed by atoms with Gasteiger partial charge in [0.1, 0.15) is 0 Å². The van der Waals surface area contributed by atoms with Crippen LogP contribution in [0.15, 0.2) is 53.6 Å². The number of hydrogen-bond donors (Lipinski definition) is 2. The molecule has 1 heterocycles. The van der Waals surface area contributed by atoms with Crippen LogP contribution in [0, 0.1) is 0 Å². The molecule has 0 saturated carbocycles. The summed E-state index contributed by atoms with van der Waals surface area (Å²) in [5, 5.41) is 7.14. The van der Waals surface area contributed by atoms with Gasteiger partial charge in [0.05, 0.1) is 26.5 Å². The van der Waals surface area contributed by atoms with Gasteiger partial charge in [-0.2, -0.15) is 5.10 Å². The second-order valence-electron chi connectivity index (χ2n) is 8.58. The summed E-state index contributed by atoms with van der Waals surface area (Å²) in [6, 6.07) is 14.4. The van der Waals surface area contributed by atoms with Crippen molar-refractivity contribution in [1.82, 2.24) is 15.6 Å². The minimum absolute atomic E-state index is 0.0691. The SMILES string of the molecule is COc1ccc(/C=N/NC(=O)[C@H](CCCCNC(=O)c2ccccc2)N2CCCCC2)cc1OC. The molecule has 0 unspecified atom stereocenters. The summed E-state index contributed by atoms with van der Waals surface area (Å²) in [7, 11) is 3.17. The first-order chi connectivity index (χ1) is 17.1. The number of carbonyl (C=O) groups excluding carboxylic acids is 2. The zero-order valence-corrected chi connectivity index (χ0v) is 20.7. The van der Waals surface area contributed by atoms with Crippen LogP contribution in [0.25, 0.3) is 0 Å². The molecule has 0 radical (unpaired) electrons. The zero-order valence-electron chi connectivity index (χ0n) is 20.7. The lowest BCUT2D eigenvalue weighted by Crippen LogP contribution is -2.47. The summed E-state index contributed by atoms with van der Waals surface area (Å²) in [6.45, 7) is 2.42. The first-order valence-electron chi connectivity index (χ1n) is 12.2. The average molecular weight is 481 g/mol. The highest BCUT2D eigenvalue weighted by atomic mass is 16.5. The van der Waals surface area contributed by atoms with E-state index in [2.05, 4.69) is 20.7 Å². The highest BCUT2D eigenvalue weighted by Crippen LogP contribution is 2.26. The lowest BCUT2D eigenvalue weighted by molar-refractivity contribution is -0.127. The molecular weight excluding hydrogens is 444 g/mol. The maximum absolute atomic E-state index is 13.0. The number of piperidine rings is 1. The first-order valence-corrected chi connectivity index (χ1v) is 12.2. The van der Waals surface area contributed by atoms with Crippen LogP contribution in [0.2, 0.25) is 0 Å². The maximum atomic E-state index is 13.0. The van der Waals surface area contributed by atoms with E-state index in [1.807, 2.05) is 24.3 Å². The molecule has 8 nitrogen and oxygen atoms in total. The Balaban J connectivity index is 1.51. The van der Waals surface area contributed by atoms with Crippen molar-refractivity contribution in [3.05, 3.63) is 59.7 Å². The van der Waals surface area contributed by atoms with E-state index >= 15 is 0 Å². The van der Waals surface area contributed by atoms with E-state index < -0.39 is 0 Å². The molecule has 1 aliphatic heterocycles. The van der Waals surface area contributed by atoms with Gasteiger partial charge in [-0.15, -0.1) is 0 Å². The Hall–Kier alpha value is -3.39. The molecule has 2 N–H and O–H groups in total. The predicted molar refractivity (Wildman–Crippen MR) is 137 cm³/mol. The molecule has 2 aromatic rings. The number of unbranched alkanes of at least 4 members (excludes halogenated alkanes) is 1. The van der Waals surface area contributed by atoms with Crippen LogP contribution >= 0.6 is 0 Å². The summed E-state index contributed by atoms with van der Waals surface area (Å²) >= 11 is 0. The first kappa shape index (κ1) is 26.2. The third-order valence-corrected chi connectivity index (χ3v) is 6.16. The van der Waals surface area contributed by atoms with Gasteiger partial charge in [0, 0.05) is 12.1 Å². The number of benzene rings is 2. The second-order valence-corrected chi connectivity index (χ2v) is 8.58. The van der Waals surface area contributed by atoms with Crippen molar-refractivity contribution in [3.8, 4) is 11.5 Å². The predicted octanol–water partition coefficient (Wildman–Crippen LogP) is 3.61. The van der Waals surface area contributed by atoms with E-state index in [1.165, 1.54) is 6.42 Å². The Morgan fingerprint density at radius 1 is 1.00 bits per heavy atom. The van der Waals surface area contributed by atoms with E-state index in [0.717, 1.165) is 50.8 Å². The summed E-state index contributed by atoms with van der Waals surface area (Å²) < 4.78 is 10.6. The van der Waals surface area contributed by atoms with Crippen LogP contribution in [-0.2, 0) is 4.79 Å². The number of hydrazone groups is 1. The number of ether oxygens (including phenoxy) is 2. The quantitative estimate of drug-likeness (QED) is 0.275. The van der Waals surface area contributed by atoms with Gasteiger partial charge in [0.2, 0.25) is 0 Å². The van der Waals surface area contributed by atoms with Crippen molar-refractivity contribution in [1.29, 1.82) is 0 Å². The van der Waals surface area contributed by atoms with Crippen molar-refractivity contribution in [2.24, 2.45) is 5.10 Å². The van der Waals surface area contributed by atoms with E-state index in [1.54, 1.807) is 44.7 Å². The fourth-order valence-electron chi connectivity index (χ4n) is 4.24. The Morgan fingerprint density at radius 3 is 2.46 bits per heavy atom. The van der Waals surface area contributed by atoms with Crippen molar-refractivity contribution in [2.75, 3.05) is 33.9 Å². The number of nitrogens with one attached hydrogen (secondary N) is 2. The molecule has 1 aliphatic rings. The molecule has 0 aliphatic carbocycles. The van der Waals surface area contributed by atoms with Crippen molar-refractivity contribution >= 4 is 18.0 Å². The normalized spacial score (nSPS) is 14.9. The lowest BCUT2D eigenvalue weighted by atomic mass is 10.0. The van der Waals surface area contributed by atoms with E-state index in [4.69, 9.17) is 9.47 Å². The number of rotatable bonds is 12. The number of carbonyl (C=O) groups is 2. The zero-order chi connectivity index (χ0) is 24.9. The third kappa shape index (κ3) is 8.10. The number of methoxy groups -OCH3 is 2. The maximum Gasteiger partial charge on any atom is 0.257 e. The molecule has 8 heteroatoms. The largest absolute Gasteiger partial charge is 0.493 e.